The van der Waals surface area contributed by atoms with Gasteiger partial charge in [-0.3, -0.25) is 9.59 Å². The third-order valence-electron chi connectivity index (χ3n) is 4.49. The summed E-state index contributed by atoms with van der Waals surface area (Å²) in [6.07, 6.45) is 3.51. The van der Waals surface area contributed by atoms with Crippen LogP contribution in [-0.2, 0) is 19.1 Å². The molecule has 2 rings (SSSR count). The first-order valence-electron chi connectivity index (χ1n) is 7.54. The minimum absolute atomic E-state index is 0.0243. The zero-order valence-electron chi connectivity index (χ0n) is 12.2. The number of rotatable bonds is 6. The molecule has 0 spiro atoms. The first-order valence-corrected chi connectivity index (χ1v) is 7.98. The van der Waals surface area contributed by atoms with Crippen LogP contribution < -0.4 is 0 Å². The van der Waals surface area contributed by atoms with Gasteiger partial charge in [-0.1, -0.05) is 13.8 Å². The Morgan fingerprint density at radius 3 is 2.00 bits per heavy atom. The normalized spacial score (nSPS) is 30.2. The molecule has 114 valence electrons. The van der Waals surface area contributed by atoms with Crippen molar-refractivity contribution in [2.75, 3.05) is 13.2 Å². The van der Waals surface area contributed by atoms with Crippen molar-refractivity contribution in [1.82, 2.24) is 0 Å². The lowest BCUT2D eigenvalue weighted by atomic mass is 9.73. The van der Waals surface area contributed by atoms with Gasteiger partial charge >= 0.3 is 11.9 Å². The van der Waals surface area contributed by atoms with Crippen LogP contribution in [0.3, 0.4) is 0 Å². The van der Waals surface area contributed by atoms with E-state index in [-0.39, 0.29) is 17.2 Å². The van der Waals surface area contributed by atoms with E-state index in [1.807, 2.05) is 13.8 Å². The fraction of sp³-hybridized carbons (Fsp3) is 0.867. The summed E-state index contributed by atoms with van der Waals surface area (Å²) in [5.41, 5.74) is -1.10. The summed E-state index contributed by atoms with van der Waals surface area (Å²) in [6, 6.07) is 0. The number of carbonyl (C=O) groups is 2. The molecule has 0 heterocycles. The predicted molar refractivity (Wildman–Crippen MR) is 75.4 cm³/mol. The number of alkyl halides is 1. The summed E-state index contributed by atoms with van der Waals surface area (Å²) < 4.78 is 10.6. The molecule has 0 radical (unpaired) electrons. The Balaban J connectivity index is 2.17. The number of esters is 2. The fourth-order valence-electron chi connectivity index (χ4n) is 3.50. The van der Waals surface area contributed by atoms with Gasteiger partial charge in [0.15, 0.2) is 5.41 Å². The Kier molecular flexibility index (Phi) is 4.95. The first kappa shape index (κ1) is 15.6. The highest BCUT2D eigenvalue weighted by Gasteiger charge is 2.64. The largest absolute Gasteiger partial charge is 0.465 e. The van der Waals surface area contributed by atoms with Crippen molar-refractivity contribution in [2.45, 2.75) is 51.3 Å². The molecular formula is C15H23ClO4. The molecule has 0 N–H and O–H groups in total. The highest BCUT2D eigenvalue weighted by Crippen LogP contribution is 2.58. The smallest absolute Gasteiger partial charge is 0.323 e. The molecule has 0 saturated heterocycles. The quantitative estimate of drug-likeness (QED) is 0.430. The molecule has 2 aliphatic carbocycles. The van der Waals surface area contributed by atoms with Crippen molar-refractivity contribution in [1.29, 1.82) is 0 Å². The van der Waals surface area contributed by atoms with E-state index in [0.29, 0.717) is 26.1 Å². The average Bonchev–Trinajstić information content (AvgIpc) is 2.99. The molecule has 2 fully saturated rings. The molecule has 0 aromatic carbocycles. The second-order valence-electron chi connectivity index (χ2n) is 5.89. The number of carbonyl (C=O) groups excluding carboxylic acids is 2. The van der Waals surface area contributed by atoms with Gasteiger partial charge in [-0.05, 0) is 43.9 Å². The lowest BCUT2D eigenvalue weighted by Crippen LogP contribution is -2.47. The van der Waals surface area contributed by atoms with Crippen molar-refractivity contribution in [3.05, 3.63) is 0 Å². The Morgan fingerprint density at radius 2 is 1.65 bits per heavy atom. The minimum Gasteiger partial charge on any atom is -0.465 e. The summed E-state index contributed by atoms with van der Waals surface area (Å²) in [5, 5.41) is 0.0751. The van der Waals surface area contributed by atoms with Crippen molar-refractivity contribution >= 4 is 23.5 Å². The number of fused-ring (bicyclic) bond motifs is 2. The van der Waals surface area contributed by atoms with Crippen LogP contribution in [0.25, 0.3) is 0 Å². The second kappa shape index (κ2) is 6.33. The van der Waals surface area contributed by atoms with Gasteiger partial charge in [0.2, 0.25) is 0 Å². The van der Waals surface area contributed by atoms with Gasteiger partial charge in [-0.15, -0.1) is 11.6 Å². The maximum Gasteiger partial charge on any atom is 0.323 e. The molecule has 3 atom stereocenters. The number of hydrogen-bond donors (Lipinski definition) is 0. The van der Waals surface area contributed by atoms with Crippen LogP contribution in [0.5, 0.6) is 0 Å². The van der Waals surface area contributed by atoms with Gasteiger partial charge in [-0.2, -0.15) is 0 Å². The lowest BCUT2D eigenvalue weighted by molar-refractivity contribution is -0.177. The zero-order chi connectivity index (χ0) is 14.8. The Hall–Kier alpha value is -0.770. The van der Waals surface area contributed by atoms with Crippen molar-refractivity contribution in [3.63, 3.8) is 0 Å². The van der Waals surface area contributed by atoms with Crippen molar-refractivity contribution in [3.8, 4) is 0 Å². The topological polar surface area (TPSA) is 52.6 Å². The lowest BCUT2D eigenvalue weighted by Gasteiger charge is -2.34. The average molecular weight is 303 g/mol. The highest BCUT2D eigenvalue weighted by molar-refractivity contribution is 6.21. The highest BCUT2D eigenvalue weighted by atomic mass is 35.5. The van der Waals surface area contributed by atoms with E-state index in [1.54, 1.807) is 0 Å². The van der Waals surface area contributed by atoms with E-state index in [2.05, 4.69) is 0 Å². The van der Waals surface area contributed by atoms with E-state index in [9.17, 15) is 9.59 Å². The fourth-order valence-corrected chi connectivity index (χ4v) is 3.90. The molecule has 2 bridgehead atoms. The minimum atomic E-state index is -1.10. The van der Waals surface area contributed by atoms with Gasteiger partial charge < -0.3 is 9.47 Å². The van der Waals surface area contributed by atoms with E-state index < -0.39 is 17.4 Å². The van der Waals surface area contributed by atoms with Gasteiger partial charge in [0.25, 0.3) is 0 Å². The SMILES string of the molecule is CCCOC(=O)C1(C(=O)OCCC)CC2CC1CC2Cl. The maximum absolute atomic E-state index is 12.5. The van der Waals surface area contributed by atoms with E-state index in [0.717, 1.165) is 19.3 Å². The second-order valence-corrected chi connectivity index (χ2v) is 6.45. The Labute approximate surface area is 125 Å². The van der Waals surface area contributed by atoms with Crippen LogP contribution in [0, 0.1) is 17.3 Å². The summed E-state index contributed by atoms with van der Waals surface area (Å²) >= 11 is 6.25. The Bertz CT molecular complexity index is 360. The molecule has 20 heavy (non-hydrogen) atoms. The molecule has 0 aromatic heterocycles. The number of halogens is 1. The van der Waals surface area contributed by atoms with Gasteiger partial charge in [0.1, 0.15) is 0 Å². The van der Waals surface area contributed by atoms with E-state index in [4.69, 9.17) is 21.1 Å². The van der Waals surface area contributed by atoms with Crippen LogP contribution in [-0.4, -0.2) is 30.5 Å². The summed E-state index contributed by atoms with van der Waals surface area (Å²) in [7, 11) is 0. The third kappa shape index (κ3) is 2.54. The summed E-state index contributed by atoms with van der Waals surface area (Å²) in [6.45, 7) is 4.57. The molecule has 4 nitrogen and oxygen atoms in total. The molecule has 2 saturated carbocycles. The summed E-state index contributed by atoms with van der Waals surface area (Å²) in [4.78, 5) is 24.9. The summed E-state index contributed by atoms with van der Waals surface area (Å²) in [5.74, 6) is -0.609. The van der Waals surface area contributed by atoms with Crippen LogP contribution in [0.1, 0.15) is 46.0 Å². The first-order chi connectivity index (χ1) is 9.56. The van der Waals surface area contributed by atoms with Gasteiger partial charge in [0.05, 0.1) is 13.2 Å². The molecule has 0 aliphatic heterocycles. The molecule has 0 aromatic rings. The molecule has 5 heteroatoms. The van der Waals surface area contributed by atoms with Gasteiger partial charge in [0, 0.05) is 5.38 Å². The molecule has 2 aliphatic rings. The number of hydrogen-bond acceptors (Lipinski definition) is 4. The van der Waals surface area contributed by atoms with Gasteiger partial charge in [-0.25, -0.2) is 0 Å². The van der Waals surface area contributed by atoms with E-state index >= 15 is 0 Å². The zero-order valence-corrected chi connectivity index (χ0v) is 12.9. The van der Waals surface area contributed by atoms with E-state index in [1.165, 1.54) is 0 Å². The number of ether oxygens (including phenoxy) is 2. The Morgan fingerprint density at radius 1 is 1.10 bits per heavy atom. The van der Waals surface area contributed by atoms with Crippen molar-refractivity contribution < 1.29 is 19.1 Å². The standard InChI is InChI=1S/C15H23ClO4/c1-3-5-19-13(17)15(14(18)20-6-4-2)9-10-7-11(15)8-12(10)16/h10-12H,3-9H2,1-2H3. The monoisotopic (exact) mass is 302 g/mol. The molecular weight excluding hydrogens is 280 g/mol. The van der Waals surface area contributed by atoms with Crippen LogP contribution in [0.15, 0.2) is 0 Å². The maximum atomic E-state index is 12.5. The van der Waals surface area contributed by atoms with Crippen LogP contribution >= 0.6 is 11.6 Å². The molecule has 3 unspecified atom stereocenters. The van der Waals surface area contributed by atoms with Crippen LogP contribution in [0.4, 0.5) is 0 Å². The molecule has 0 amide bonds. The third-order valence-corrected chi connectivity index (χ3v) is 5.03. The van der Waals surface area contributed by atoms with Crippen molar-refractivity contribution in [2.24, 2.45) is 17.3 Å². The predicted octanol–water partition coefficient (Wildman–Crippen LogP) is 2.92. The van der Waals surface area contributed by atoms with Crippen LogP contribution in [0.2, 0.25) is 0 Å².